The number of halogens is 1. The minimum Gasteiger partial charge on any atom is -0.345 e. The molecule has 2 heterocycles. The fourth-order valence-corrected chi connectivity index (χ4v) is 2.27. The highest BCUT2D eigenvalue weighted by molar-refractivity contribution is 9.10. The van der Waals surface area contributed by atoms with Crippen LogP contribution in [0.3, 0.4) is 0 Å². The van der Waals surface area contributed by atoms with Crippen LogP contribution in [-0.4, -0.2) is 15.0 Å². The number of aromatic nitrogens is 3. The van der Waals surface area contributed by atoms with Crippen LogP contribution in [0, 0.1) is 0 Å². The van der Waals surface area contributed by atoms with Crippen molar-refractivity contribution in [1.29, 1.82) is 0 Å². The van der Waals surface area contributed by atoms with Crippen molar-refractivity contribution >= 4 is 33.2 Å². The van der Waals surface area contributed by atoms with Crippen molar-refractivity contribution in [2.75, 3.05) is 5.32 Å². The molecule has 0 saturated heterocycles. The quantitative estimate of drug-likeness (QED) is 0.941. The second-order valence-electron chi connectivity index (χ2n) is 3.20. The molecule has 0 radical (unpaired) electrons. The Bertz CT molecular complexity index is 429. The predicted molar refractivity (Wildman–Crippen MR) is 68.5 cm³/mol. The number of anilines is 1. The molecule has 0 aliphatic carbocycles. The van der Waals surface area contributed by atoms with Crippen LogP contribution in [-0.2, 0) is 0 Å². The van der Waals surface area contributed by atoms with Gasteiger partial charge in [-0.3, -0.25) is 0 Å². The van der Waals surface area contributed by atoms with E-state index in [-0.39, 0.29) is 6.04 Å². The van der Waals surface area contributed by atoms with E-state index in [1.807, 2.05) is 11.6 Å². The van der Waals surface area contributed by atoms with Gasteiger partial charge in [0.2, 0.25) is 5.95 Å². The summed E-state index contributed by atoms with van der Waals surface area (Å²) in [6.07, 6.45) is 6.22. The minimum absolute atomic E-state index is 0.182. The molecule has 2 aromatic heterocycles. The van der Waals surface area contributed by atoms with E-state index in [1.54, 1.807) is 23.7 Å². The van der Waals surface area contributed by atoms with Crippen molar-refractivity contribution in [3.63, 3.8) is 0 Å². The van der Waals surface area contributed by atoms with Crippen LogP contribution in [0.2, 0.25) is 0 Å². The maximum Gasteiger partial charge on any atom is 0.223 e. The highest BCUT2D eigenvalue weighted by Gasteiger charge is 2.12. The summed E-state index contributed by atoms with van der Waals surface area (Å²) in [5.74, 6) is 0.630. The molecular formula is C10H11BrN4S. The van der Waals surface area contributed by atoms with E-state index in [2.05, 4.69) is 43.1 Å². The van der Waals surface area contributed by atoms with Gasteiger partial charge in [-0.15, -0.1) is 11.3 Å². The third-order valence-electron chi connectivity index (χ3n) is 2.08. The lowest BCUT2D eigenvalue weighted by Gasteiger charge is -2.13. The largest absolute Gasteiger partial charge is 0.345 e. The zero-order valence-corrected chi connectivity index (χ0v) is 11.1. The minimum atomic E-state index is 0.182. The molecule has 0 saturated carbocycles. The molecule has 0 spiro atoms. The molecule has 84 valence electrons. The van der Waals surface area contributed by atoms with Crippen LogP contribution in [0.15, 0.2) is 28.4 Å². The second-order valence-corrected chi connectivity index (χ2v) is 5.04. The molecule has 2 aromatic rings. The lowest BCUT2D eigenvalue weighted by Crippen LogP contribution is -2.11. The summed E-state index contributed by atoms with van der Waals surface area (Å²) in [5, 5.41) is 6.30. The fraction of sp³-hybridized carbons (Fsp3) is 0.300. The predicted octanol–water partition coefficient (Wildman–Crippen LogP) is 3.26. The zero-order chi connectivity index (χ0) is 11.4. The van der Waals surface area contributed by atoms with E-state index in [0.717, 1.165) is 15.9 Å². The van der Waals surface area contributed by atoms with E-state index in [1.165, 1.54) is 0 Å². The summed E-state index contributed by atoms with van der Waals surface area (Å²) in [5.41, 5.74) is 0. The smallest absolute Gasteiger partial charge is 0.223 e. The molecule has 16 heavy (non-hydrogen) atoms. The Morgan fingerprint density at radius 1 is 1.38 bits per heavy atom. The van der Waals surface area contributed by atoms with Crippen molar-refractivity contribution in [1.82, 2.24) is 15.0 Å². The van der Waals surface area contributed by atoms with Gasteiger partial charge in [-0.2, -0.15) is 0 Å². The molecule has 0 fully saturated rings. The topological polar surface area (TPSA) is 50.7 Å². The van der Waals surface area contributed by atoms with Crippen molar-refractivity contribution in [2.24, 2.45) is 0 Å². The third kappa shape index (κ3) is 2.76. The van der Waals surface area contributed by atoms with E-state index >= 15 is 0 Å². The number of rotatable bonds is 4. The zero-order valence-electron chi connectivity index (χ0n) is 8.72. The van der Waals surface area contributed by atoms with Gasteiger partial charge >= 0.3 is 0 Å². The lowest BCUT2D eigenvalue weighted by molar-refractivity contribution is 0.731. The van der Waals surface area contributed by atoms with Gasteiger partial charge in [0.05, 0.1) is 10.5 Å². The molecule has 1 atom stereocenters. The lowest BCUT2D eigenvalue weighted by atomic mass is 10.2. The van der Waals surface area contributed by atoms with Gasteiger partial charge in [0.15, 0.2) is 0 Å². The first kappa shape index (κ1) is 11.5. The molecule has 2 rings (SSSR count). The van der Waals surface area contributed by atoms with Gasteiger partial charge in [0.1, 0.15) is 5.01 Å². The van der Waals surface area contributed by atoms with Crippen LogP contribution >= 0.6 is 27.3 Å². The molecule has 0 amide bonds. The summed E-state index contributed by atoms with van der Waals surface area (Å²) >= 11 is 4.94. The summed E-state index contributed by atoms with van der Waals surface area (Å²) < 4.78 is 0.875. The first-order valence-electron chi connectivity index (χ1n) is 4.93. The molecular weight excluding hydrogens is 288 g/mol. The van der Waals surface area contributed by atoms with Crippen LogP contribution in [0.5, 0.6) is 0 Å². The second kappa shape index (κ2) is 5.36. The molecule has 6 heteroatoms. The Morgan fingerprint density at radius 2 is 2.12 bits per heavy atom. The highest BCUT2D eigenvalue weighted by atomic mass is 79.9. The van der Waals surface area contributed by atoms with Gasteiger partial charge in [0.25, 0.3) is 0 Å². The summed E-state index contributed by atoms with van der Waals surface area (Å²) in [6.45, 7) is 2.11. The Morgan fingerprint density at radius 3 is 2.69 bits per heavy atom. The summed E-state index contributed by atoms with van der Waals surface area (Å²) in [7, 11) is 0. The van der Waals surface area contributed by atoms with Gasteiger partial charge < -0.3 is 5.32 Å². The molecule has 0 aliphatic heterocycles. The average molecular weight is 299 g/mol. The Balaban J connectivity index is 2.10. The normalized spacial score (nSPS) is 12.4. The number of nitrogens with one attached hydrogen (secondary N) is 1. The van der Waals surface area contributed by atoms with Crippen molar-refractivity contribution in [3.8, 4) is 0 Å². The Labute approximate surface area is 106 Å². The van der Waals surface area contributed by atoms with Crippen molar-refractivity contribution < 1.29 is 0 Å². The molecule has 1 N–H and O–H groups in total. The summed E-state index contributed by atoms with van der Waals surface area (Å²) in [4.78, 5) is 12.7. The van der Waals surface area contributed by atoms with Crippen molar-refractivity contribution in [3.05, 3.63) is 33.5 Å². The molecule has 0 aliphatic rings. The van der Waals surface area contributed by atoms with E-state index in [9.17, 15) is 0 Å². The maximum atomic E-state index is 4.29. The van der Waals surface area contributed by atoms with Crippen LogP contribution in [0.1, 0.15) is 24.4 Å². The SMILES string of the molecule is CCC(Nc1ncc(Br)cn1)c1nccs1. The first-order valence-corrected chi connectivity index (χ1v) is 6.60. The number of nitrogens with zero attached hydrogens (tertiary/aromatic N) is 3. The fourth-order valence-electron chi connectivity index (χ4n) is 1.29. The van der Waals surface area contributed by atoms with E-state index in [0.29, 0.717) is 5.95 Å². The number of thiazole rings is 1. The molecule has 0 bridgehead atoms. The number of hydrogen-bond donors (Lipinski definition) is 1. The van der Waals surface area contributed by atoms with E-state index < -0.39 is 0 Å². The van der Waals surface area contributed by atoms with Crippen LogP contribution in [0.25, 0.3) is 0 Å². The molecule has 1 unspecified atom stereocenters. The molecule has 4 nitrogen and oxygen atoms in total. The van der Waals surface area contributed by atoms with Gasteiger partial charge in [-0.1, -0.05) is 6.92 Å². The highest BCUT2D eigenvalue weighted by Crippen LogP contribution is 2.22. The van der Waals surface area contributed by atoms with Gasteiger partial charge in [-0.05, 0) is 22.4 Å². The monoisotopic (exact) mass is 298 g/mol. The van der Waals surface area contributed by atoms with Gasteiger partial charge in [-0.25, -0.2) is 15.0 Å². The van der Waals surface area contributed by atoms with Crippen molar-refractivity contribution in [2.45, 2.75) is 19.4 Å². The Hall–Kier alpha value is -1.01. The summed E-state index contributed by atoms with van der Waals surface area (Å²) in [6, 6.07) is 0.182. The Kier molecular flexibility index (Phi) is 3.84. The van der Waals surface area contributed by atoms with E-state index in [4.69, 9.17) is 0 Å². The van der Waals surface area contributed by atoms with Crippen LogP contribution in [0.4, 0.5) is 5.95 Å². The van der Waals surface area contributed by atoms with Crippen LogP contribution < -0.4 is 5.32 Å². The molecule has 0 aromatic carbocycles. The average Bonchev–Trinajstić information content (AvgIpc) is 2.82. The number of hydrogen-bond acceptors (Lipinski definition) is 5. The standard InChI is InChI=1S/C10H11BrN4S/c1-2-8(9-12-3-4-16-9)15-10-13-5-7(11)6-14-10/h3-6,8H,2H2,1H3,(H,13,14,15). The van der Waals surface area contributed by atoms with Gasteiger partial charge in [0, 0.05) is 24.0 Å². The first-order chi connectivity index (χ1) is 7.79. The maximum absolute atomic E-state index is 4.29. The third-order valence-corrected chi connectivity index (χ3v) is 3.38.